The SMILES string of the molecule is CN[C@@H](Cc1cncc(C)c1)C(C)=O. The van der Waals surface area contributed by atoms with E-state index in [0.29, 0.717) is 6.42 Å². The number of hydrogen-bond donors (Lipinski definition) is 1. The molecule has 0 unspecified atom stereocenters. The number of aromatic nitrogens is 1. The normalized spacial score (nSPS) is 12.5. The van der Waals surface area contributed by atoms with Crippen LogP contribution >= 0.6 is 0 Å². The molecule has 0 amide bonds. The minimum atomic E-state index is -0.0985. The maximum absolute atomic E-state index is 11.2. The molecule has 76 valence electrons. The highest BCUT2D eigenvalue weighted by Gasteiger charge is 2.11. The van der Waals surface area contributed by atoms with Gasteiger partial charge in [-0.05, 0) is 38.4 Å². The second-order valence-corrected chi connectivity index (χ2v) is 3.53. The van der Waals surface area contributed by atoms with Crippen LogP contribution in [0.4, 0.5) is 0 Å². The van der Waals surface area contributed by atoms with Crippen LogP contribution in [0.3, 0.4) is 0 Å². The van der Waals surface area contributed by atoms with Gasteiger partial charge in [-0.15, -0.1) is 0 Å². The first-order valence-corrected chi connectivity index (χ1v) is 4.71. The van der Waals surface area contributed by atoms with Crippen molar-refractivity contribution < 1.29 is 4.79 Å². The molecule has 3 nitrogen and oxygen atoms in total. The molecular weight excluding hydrogens is 176 g/mol. The summed E-state index contributed by atoms with van der Waals surface area (Å²) in [5, 5.41) is 2.99. The van der Waals surface area contributed by atoms with Gasteiger partial charge < -0.3 is 5.32 Å². The molecule has 1 atom stereocenters. The first-order chi connectivity index (χ1) is 6.63. The summed E-state index contributed by atoms with van der Waals surface area (Å²) in [7, 11) is 1.80. The van der Waals surface area contributed by atoms with Crippen LogP contribution in [0.25, 0.3) is 0 Å². The molecule has 1 aromatic rings. The third kappa shape index (κ3) is 2.92. The number of hydrogen-bond acceptors (Lipinski definition) is 3. The van der Waals surface area contributed by atoms with E-state index in [1.165, 1.54) is 0 Å². The Morgan fingerprint density at radius 3 is 2.79 bits per heavy atom. The fraction of sp³-hybridized carbons (Fsp3) is 0.455. The number of pyridine rings is 1. The van der Waals surface area contributed by atoms with E-state index in [2.05, 4.69) is 16.4 Å². The molecule has 0 saturated heterocycles. The Balaban J connectivity index is 2.72. The smallest absolute Gasteiger partial charge is 0.147 e. The lowest BCUT2D eigenvalue weighted by atomic mass is 10.0. The molecule has 0 spiro atoms. The predicted molar refractivity (Wildman–Crippen MR) is 56.2 cm³/mol. The zero-order valence-electron chi connectivity index (χ0n) is 8.87. The van der Waals surface area contributed by atoms with Crippen molar-refractivity contribution in [1.82, 2.24) is 10.3 Å². The fourth-order valence-electron chi connectivity index (χ4n) is 1.41. The summed E-state index contributed by atoms with van der Waals surface area (Å²) >= 11 is 0. The summed E-state index contributed by atoms with van der Waals surface area (Å²) in [6.45, 7) is 3.60. The van der Waals surface area contributed by atoms with Gasteiger partial charge in [-0.2, -0.15) is 0 Å². The Labute approximate surface area is 84.6 Å². The Morgan fingerprint density at radius 1 is 1.57 bits per heavy atom. The number of Topliss-reactive ketones (excluding diaryl/α,β-unsaturated/α-hetero) is 1. The lowest BCUT2D eigenvalue weighted by Crippen LogP contribution is -2.34. The van der Waals surface area contributed by atoms with Crippen molar-refractivity contribution in [1.29, 1.82) is 0 Å². The summed E-state index contributed by atoms with van der Waals surface area (Å²) in [5.74, 6) is 0.161. The number of rotatable bonds is 4. The molecule has 0 aromatic carbocycles. The van der Waals surface area contributed by atoms with E-state index < -0.39 is 0 Å². The van der Waals surface area contributed by atoms with E-state index in [1.54, 1.807) is 20.2 Å². The second-order valence-electron chi connectivity index (χ2n) is 3.53. The standard InChI is InChI=1S/C11H16N2O/c1-8-4-10(7-13-6-8)5-11(12-3)9(2)14/h4,6-7,11-12H,5H2,1-3H3/t11-/m0/s1. The van der Waals surface area contributed by atoms with Gasteiger partial charge in [0.2, 0.25) is 0 Å². The van der Waals surface area contributed by atoms with Crippen LogP contribution < -0.4 is 5.32 Å². The molecule has 0 aliphatic carbocycles. The molecule has 0 fully saturated rings. The monoisotopic (exact) mass is 192 g/mol. The minimum Gasteiger partial charge on any atom is -0.310 e. The highest BCUT2D eigenvalue weighted by molar-refractivity contribution is 5.81. The maximum Gasteiger partial charge on any atom is 0.147 e. The maximum atomic E-state index is 11.2. The fourth-order valence-corrected chi connectivity index (χ4v) is 1.41. The zero-order chi connectivity index (χ0) is 10.6. The summed E-state index contributed by atoms with van der Waals surface area (Å²) in [5.41, 5.74) is 2.22. The van der Waals surface area contributed by atoms with Gasteiger partial charge in [0, 0.05) is 12.4 Å². The Kier molecular flexibility index (Phi) is 3.77. The van der Waals surface area contributed by atoms with Gasteiger partial charge in [-0.3, -0.25) is 9.78 Å². The zero-order valence-corrected chi connectivity index (χ0v) is 8.87. The van der Waals surface area contributed by atoms with Gasteiger partial charge in [0.25, 0.3) is 0 Å². The van der Waals surface area contributed by atoms with Crippen LogP contribution in [0.2, 0.25) is 0 Å². The molecular formula is C11H16N2O. The average molecular weight is 192 g/mol. The van der Waals surface area contributed by atoms with Crippen LogP contribution in [0.1, 0.15) is 18.1 Å². The van der Waals surface area contributed by atoms with Crippen molar-refractivity contribution in [3.05, 3.63) is 29.6 Å². The van der Waals surface area contributed by atoms with E-state index in [1.807, 2.05) is 13.1 Å². The molecule has 1 N–H and O–H groups in total. The van der Waals surface area contributed by atoms with Crippen LogP contribution in [-0.4, -0.2) is 23.9 Å². The lowest BCUT2D eigenvalue weighted by Gasteiger charge is -2.12. The van der Waals surface area contributed by atoms with Gasteiger partial charge in [0.05, 0.1) is 6.04 Å². The molecule has 0 bridgehead atoms. The van der Waals surface area contributed by atoms with Crippen molar-refractivity contribution in [2.75, 3.05) is 7.05 Å². The first kappa shape index (κ1) is 10.9. The lowest BCUT2D eigenvalue weighted by molar-refractivity contribution is -0.118. The quantitative estimate of drug-likeness (QED) is 0.777. The topological polar surface area (TPSA) is 42.0 Å². The number of aryl methyl sites for hydroxylation is 1. The summed E-state index contributed by atoms with van der Waals surface area (Å²) in [6.07, 6.45) is 4.33. The molecule has 0 radical (unpaired) electrons. The third-order valence-corrected chi connectivity index (χ3v) is 2.21. The molecule has 1 aromatic heterocycles. The van der Waals surface area contributed by atoms with Gasteiger partial charge >= 0.3 is 0 Å². The Morgan fingerprint density at radius 2 is 2.29 bits per heavy atom. The van der Waals surface area contributed by atoms with E-state index in [-0.39, 0.29) is 11.8 Å². The van der Waals surface area contributed by atoms with Gasteiger partial charge in [-0.1, -0.05) is 6.07 Å². The van der Waals surface area contributed by atoms with Crippen LogP contribution in [-0.2, 0) is 11.2 Å². The molecule has 0 aliphatic heterocycles. The van der Waals surface area contributed by atoms with Gasteiger partial charge in [0.15, 0.2) is 0 Å². The molecule has 0 saturated carbocycles. The van der Waals surface area contributed by atoms with E-state index in [0.717, 1.165) is 11.1 Å². The third-order valence-electron chi connectivity index (χ3n) is 2.21. The van der Waals surface area contributed by atoms with Crippen molar-refractivity contribution in [3.8, 4) is 0 Å². The van der Waals surface area contributed by atoms with E-state index in [4.69, 9.17) is 0 Å². The first-order valence-electron chi connectivity index (χ1n) is 4.71. The van der Waals surface area contributed by atoms with E-state index >= 15 is 0 Å². The molecule has 0 aliphatic rings. The Bertz CT molecular complexity index is 323. The van der Waals surface area contributed by atoms with Gasteiger partial charge in [0.1, 0.15) is 5.78 Å². The van der Waals surface area contributed by atoms with E-state index in [9.17, 15) is 4.79 Å². The summed E-state index contributed by atoms with van der Waals surface area (Å²) in [6, 6.07) is 1.96. The molecule has 1 heterocycles. The van der Waals surface area contributed by atoms with Crippen molar-refractivity contribution in [2.24, 2.45) is 0 Å². The molecule has 1 rings (SSSR count). The summed E-state index contributed by atoms with van der Waals surface area (Å²) in [4.78, 5) is 15.3. The van der Waals surface area contributed by atoms with Crippen molar-refractivity contribution >= 4 is 5.78 Å². The Hall–Kier alpha value is -1.22. The predicted octanol–water partition coefficient (Wildman–Crippen LogP) is 1.11. The number of nitrogens with one attached hydrogen (secondary N) is 1. The number of carbonyl (C=O) groups is 1. The number of likely N-dealkylation sites (N-methyl/N-ethyl adjacent to an activating group) is 1. The van der Waals surface area contributed by atoms with Crippen LogP contribution in [0, 0.1) is 6.92 Å². The number of carbonyl (C=O) groups excluding carboxylic acids is 1. The van der Waals surface area contributed by atoms with Crippen molar-refractivity contribution in [2.45, 2.75) is 26.3 Å². The number of nitrogens with zero attached hydrogens (tertiary/aromatic N) is 1. The minimum absolute atomic E-state index is 0.0985. The van der Waals surface area contributed by atoms with Crippen molar-refractivity contribution in [3.63, 3.8) is 0 Å². The highest BCUT2D eigenvalue weighted by atomic mass is 16.1. The largest absolute Gasteiger partial charge is 0.310 e. The molecule has 3 heteroatoms. The highest BCUT2D eigenvalue weighted by Crippen LogP contribution is 2.05. The van der Waals surface area contributed by atoms with Crippen LogP contribution in [0.5, 0.6) is 0 Å². The summed E-state index contributed by atoms with van der Waals surface area (Å²) < 4.78 is 0. The van der Waals surface area contributed by atoms with Crippen LogP contribution in [0.15, 0.2) is 18.5 Å². The molecule has 14 heavy (non-hydrogen) atoms. The number of ketones is 1. The average Bonchev–Trinajstić information content (AvgIpc) is 2.14. The second kappa shape index (κ2) is 4.86. The van der Waals surface area contributed by atoms with Gasteiger partial charge in [-0.25, -0.2) is 0 Å².